The lowest BCUT2D eigenvalue weighted by Gasteiger charge is -2.16. The first-order chi connectivity index (χ1) is 9.15. The van der Waals surface area contributed by atoms with Crippen LogP contribution in [0.25, 0.3) is 11.0 Å². The Balaban J connectivity index is 1.90. The van der Waals surface area contributed by atoms with E-state index in [-0.39, 0.29) is 0 Å². The third-order valence-corrected chi connectivity index (χ3v) is 4.34. The molecule has 19 heavy (non-hydrogen) atoms. The van der Waals surface area contributed by atoms with Gasteiger partial charge in [-0.15, -0.1) is 0 Å². The van der Waals surface area contributed by atoms with Crippen molar-refractivity contribution in [1.29, 1.82) is 0 Å². The van der Waals surface area contributed by atoms with Gasteiger partial charge in [-0.05, 0) is 36.5 Å². The monoisotopic (exact) mass is 258 g/mol. The Bertz CT molecular complexity index is 618. The topological polar surface area (TPSA) is 55.1 Å². The maximum Gasteiger partial charge on any atom is 0.335 e. The summed E-state index contributed by atoms with van der Waals surface area (Å²) in [6.45, 7) is 3.31. The first kappa shape index (κ1) is 12.2. The lowest BCUT2D eigenvalue weighted by atomic mass is 9.98. The molecule has 100 valence electrons. The molecule has 1 aliphatic rings. The Morgan fingerprint density at radius 3 is 3.00 bits per heavy atom. The zero-order valence-corrected chi connectivity index (χ0v) is 11.0. The van der Waals surface area contributed by atoms with Crippen molar-refractivity contribution in [3.8, 4) is 0 Å². The van der Waals surface area contributed by atoms with Crippen LogP contribution in [0.2, 0.25) is 0 Å². The van der Waals surface area contributed by atoms with Crippen LogP contribution in [-0.2, 0) is 6.54 Å². The van der Waals surface area contributed by atoms with Crippen molar-refractivity contribution in [2.75, 3.05) is 0 Å². The summed E-state index contributed by atoms with van der Waals surface area (Å²) >= 11 is 0. The second kappa shape index (κ2) is 4.68. The molecule has 0 bridgehead atoms. The molecule has 2 atom stereocenters. The van der Waals surface area contributed by atoms with E-state index >= 15 is 0 Å². The number of imidazole rings is 1. The lowest BCUT2D eigenvalue weighted by molar-refractivity contribution is 0.0697. The lowest BCUT2D eigenvalue weighted by Crippen LogP contribution is -2.12. The number of rotatable bonds is 3. The molecule has 2 aromatic rings. The third kappa shape index (κ3) is 2.23. The molecule has 2 unspecified atom stereocenters. The average molecular weight is 258 g/mol. The number of aromatic carboxylic acids is 1. The van der Waals surface area contributed by atoms with E-state index in [0.717, 1.165) is 29.4 Å². The molecule has 4 heteroatoms. The summed E-state index contributed by atoms with van der Waals surface area (Å²) in [5, 5.41) is 8.98. The van der Waals surface area contributed by atoms with E-state index in [0.29, 0.717) is 5.56 Å². The summed E-state index contributed by atoms with van der Waals surface area (Å²) in [5.74, 6) is 0.591. The van der Waals surface area contributed by atoms with E-state index in [1.807, 2.05) is 12.4 Å². The van der Waals surface area contributed by atoms with Gasteiger partial charge in [-0.1, -0.05) is 19.8 Å². The Labute approximate surface area is 112 Å². The number of hydrogen-bond donors (Lipinski definition) is 1. The highest BCUT2D eigenvalue weighted by Crippen LogP contribution is 2.33. The highest BCUT2D eigenvalue weighted by molar-refractivity contribution is 5.92. The zero-order valence-electron chi connectivity index (χ0n) is 11.0. The molecule has 1 aromatic carbocycles. The summed E-state index contributed by atoms with van der Waals surface area (Å²) in [4.78, 5) is 15.3. The van der Waals surface area contributed by atoms with E-state index in [1.165, 1.54) is 19.3 Å². The number of nitrogens with zero attached hydrogens (tertiary/aromatic N) is 2. The van der Waals surface area contributed by atoms with Gasteiger partial charge in [0, 0.05) is 6.54 Å². The van der Waals surface area contributed by atoms with E-state index in [1.54, 1.807) is 12.1 Å². The van der Waals surface area contributed by atoms with E-state index in [4.69, 9.17) is 5.11 Å². The molecule has 1 N–H and O–H groups in total. The summed E-state index contributed by atoms with van der Waals surface area (Å²) < 4.78 is 2.16. The number of carbonyl (C=O) groups is 1. The van der Waals surface area contributed by atoms with Crippen LogP contribution < -0.4 is 0 Å². The second-order valence-electron chi connectivity index (χ2n) is 5.57. The molecule has 0 spiro atoms. The highest BCUT2D eigenvalue weighted by atomic mass is 16.4. The minimum absolute atomic E-state index is 0.298. The van der Waals surface area contributed by atoms with Crippen LogP contribution in [0.15, 0.2) is 24.5 Å². The number of carboxylic acids is 1. The molecule has 0 saturated heterocycles. The molecule has 3 rings (SSSR count). The van der Waals surface area contributed by atoms with Gasteiger partial charge in [-0.3, -0.25) is 0 Å². The van der Waals surface area contributed by atoms with Crippen LogP contribution >= 0.6 is 0 Å². The van der Waals surface area contributed by atoms with E-state index < -0.39 is 5.97 Å². The predicted octanol–water partition coefficient (Wildman–Crippen LogP) is 3.17. The Kier molecular flexibility index (Phi) is 3.01. The van der Waals surface area contributed by atoms with Gasteiger partial charge in [-0.25, -0.2) is 9.78 Å². The number of benzene rings is 1. The first-order valence-corrected chi connectivity index (χ1v) is 6.83. The maximum absolute atomic E-state index is 10.9. The van der Waals surface area contributed by atoms with Gasteiger partial charge >= 0.3 is 5.97 Å². The number of aromatic nitrogens is 2. The highest BCUT2D eigenvalue weighted by Gasteiger charge is 2.24. The molecular formula is C15H18N2O2. The van der Waals surface area contributed by atoms with Crippen molar-refractivity contribution in [3.05, 3.63) is 30.1 Å². The third-order valence-electron chi connectivity index (χ3n) is 4.34. The van der Waals surface area contributed by atoms with Crippen molar-refractivity contribution in [1.82, 2.24) is 9.55 Å². The number of fused-ring (bicyclic) bond motifs is 1. The molecule has 1 aliphatic carbocycles. The van der Waals surface area contributed by atoms with Gasteiger partial charge in [0.05, 0.1) is 22.9 Å². The first-order valence-electron chi connectivity index (χ1n) is 6.83. The molecule has 0 aliphatic heterocycles. The van der Waals surface area contributed by atoms with Crippen LogP contribution in [0.3, 0.4) is 0 Å². The molecule has 0 radical (unpaired) electrons. The Morgan fingerprint density at radius 1 is 1.47 bits per heavy atom. The summed E-state index contributed by atoms with van der Waals surface area (Å²) in [7, 11) is 0. The maximum atomic E-state index is 10.9. The molecule has 1 saturated carbocycles. The van der Waals surface area contributed by atoms with E-state index in [2.05, 4.69) is 16.5 Å². The second-order valence-corrected chi connectivity index (χ2v) is 5.57. The fourth-order valence-corrected chi connectivity index (χ4v) is 3.09. The van der Waals surface area contributed by atoms with Crippen molar-refractivity contribution in [3.63, 3.8) is 0 Å². The Morgan fingerprint density at radius 2 is 2.32 bits per heavy atom. The van der Waals surface area contributed by atoms with E-state index in [9.17, 15) is 4.79 Å². The normalized spacial score (nSPS) is 23.0. The Hall–Kier alpha value is -1.84. The van der Waals surface area contributed by atoms with Crippen molar-refractivity contribution >= 4 is 17.0 Å². The molecular weight excluding hydrogens is 240 g/mol. The van der Waals surface area contributed by atoms with Crippen molar-refractivity contribution < 1.29 is 9.90 Å². The van der Waals surface area contributed by atoms with Gasteiger partial charge in [0.25, 0.3) is 0 Å². The van der Waals surface area contributed by atoms with Crippen LogP contribution in [0.5, 0.6) is 0 Å². The molecule has 1 heterocycles. The molecule has 1 aromatic heterocycles. The van der Waals surface area contributed by atoms with Gasteiger partial charge < -0.3 is 9.67 Å². The average Bonchev–Trinajstić information content (AvgIpc) is 2.97. The van der Waals surface area contributed by atoms with Crippen LogP contribution in [0.1, 0.15) is 36.5 Å². The molecule has 1 fully saturated rings. The summed E-state index contributed by atoms with van der Waals surface area (Å²) in [6, 6.07) is 5.17. The van der Waals surface area contributed by atoms with Gasteiger partial charge in [0.2, 0.25) is 0 Å². The quantitative estimate of drug-likeness (QED) is 0.920. The van der Waals surface area contributed by atoms with Crippen LogP contribution in [0, 0.1) is 11.8 Å². The fraction of sp³-hybridized carbons (Fsp3) is 0.467. The van der Waals surface area contributed by atoms with Crippen LogP contribution in [-0.4, -0.2) is 20.6 Å². The molecule has 0 amide bonds. The zero-order chi connectivity index (χ0) is 13.4. The number of hydrogen-bond acceptors (Lipinski definition) is 2. The van der Waals surface area contributed by atoms with Gasteiger partial charge in [-0.2, -0.15) is 0 Å². The number of carboxylic acid groups (broad SMARTS) is 1. The van der Waals surface area contributed by atoms with Gasteiger partial charge in [0.15, 0.2) is 0 Å². The standard InChI is InChI=1S/C15H18N2O2/c1-10-3-2-4-12(10)8-17-9-16-13-7-11(15(18)19)5-6-14(13)17/h5-7,9-10,12H,2-4,8H2,1H3,(H,18,19). The minimum Gasteiger partial charge on any atom is -0.478 e. The largest absolute Gasteiger partial charge is 0.478 e. The van der Waals surface area contributed by atoms with Crippen LogP contribution in [0.4, 0.5) is 0 Å². The van der Waals surface area contributed by atoms with Crippen molar-refractivity contribution in [2.24, 2.45) is 11.8 Å². The molecule has 4 nitrogen and oxygen atoms in total. The SMILES string of the molecule is CC1CCCC1Cn1cnc2cc(C(=O)O)ccc21. The summed E-state index contributed by atoms with van der Waals surface area (Å²) in [6.07, 6.45) is 5.76. The smallest absolute Gasteiger partial charge is 0.335 e. The predicted molar refractivity (Wildman–Crippen MR) is 73.2 cm³/mol. The summed E-state index contributed by atoms with van der Waals surface area (Å²) in [5.41, 5.74) is 2.10. The fourth-order valence-electron chi connectivity index (χ4n) is 3.09. The van der Waals surface area contributed by atoms with Gasteiger partial charge in [0.1, 0.15) is 0 Å². The van der Waals surface area contributed by atoms with Crippen molar-refractivity contribution in [2.45, 2.75) is 32.7 Å². The minimum atomic E-state index is -0.902.